The lowest BCUT2D eigenvalue weighted by atomic mass is 10.0. The van der Waals surface area contributed by atoms with E-state index in [0.717, 1.165) is 17.8 Å². The summed E-state index contributed by atoms with van der Waals surface area (Å²) in [4.78, 5) is 2.04. The third kappa shape index (κ3) is 1.78. The Balaban J connectivity index is 2.52. The molecular weight excluding hydrogens is 193 g/mol. The number of hydrogen-bond donors (Lipinski definition) is 0. The highest BCUT2D eigenvalue weighted by Crippen LogP contribution is 2.36. The zero-order valence-corrected chi connectivity index (χ0v) is 9.38. The van der Waals surface area contributed by atoms with Gasteiger partial charge >= 0.3 is 0 Å². The molecule has 1 aromatic rings. The normalized spacial score (nSPS) is 15.1. The molecule has 0 aliphatic carbocycles. The van der Waals surface area contributed by atoms with Gasteiger partial charge in [-0.05, 0) is 23.6 Å². The van der Waals surface area contributed by atoms with Crippen molar-refractivity contribution in [1.29, 1.82) is 0 Å². The van der Waals surface area contributed by atoms with Crippen molar-refractivity contribution in [2.75, 3.05) is 25.1 Å². The number of rotatable bonds is 1. The Morgan fingerprint density at radius 2 is 2.13 bits per heavy atom. The van der Waals surface area contributed by atoms with E-state index < -0.39 is 0 Å². The van der Waals surface area contributed by atoms with Gasteiger partial charge in [0.05, 0.1) is 12.2 Å². The van der Waals surface area contributed by atoms with Gasteiger partial charge in [-0.2, -0.15) is 0 Å². The van der Waals surface area contributed by atoms with Gasteiger partial charge in [0.25, 0.3) is 0 Å². The molecule has 15 heavy (non-hydrogen) atoms. The van der Waals surface area contributed by atoms with Gasteiger partial charge in [0.2, 0.25) is 0 Å². The summed E-state index contributed by atoms with van der Waals surface area (Å²) in [6.45, 7) is 5.49. The van der Waals surface area contributed by atoms with Crippen LogP contribution >= 0.6 is 0 Å². The minimum absolute atomic E-state index is 0.247. The van der Waals surface area contributed by atoms with Crippen LogP contribution in [0.1, 0.15) is 25.3 Å². The predicted octanol–water partition coefficient (Wildman–Crippen LogP) is 2.78. The van der Waals surface area contributed by atoms with Crippen LogP contribution in [0.3, 0.4) is 0 Å². The van der Waals surface area contributed by atoms with E-state index in [1.165, 1.54) is 0 Å². The van der Waals surface area contributed by atoms with E-state index in [9.17, 15) is 4.39 Å². The van der Waals surface area contributed by atoms with Gasteiger partial charge in [0.15, 0.2) is 11.6 Å². The maximum absolute atomic E-state index is 13.7. The van der Waals surface area contributed by atoms with Crippen LogP contribution in [0.2, 0.25) is 0 Å². The summed E-state index contributed by atoms with van der Waals surface area (Å²) >= 11 is 0. The van der Waals surface area contributed by atoms with Crippen molar-refractivity contribution < 1.29 is 9.13 Å². The molecule has 0 radical (unpaired) electrons. The van der Waals surface area contributed by atoms with Crippen molar-refractivity contribution in [2.24, 2.45) is 0 Å². The zero-order valence-electron chi connectivity index (χ0n) is 9.38. The summed E-state index contributed by atoms with van der Waals surface area (Å²) in [7, 11) is 1.96. The molecular formula is C12H16FNO. The van der Waals surface area contributed by atoms with Crippen molar-refractivity contribution in [1.82, 2.24) is 0 Å². The SMILES string of the molecule is CC(C)c1cc(F)c2c(c1)N(C)CCO2. The highest BCUT2D eigenvalue weighted by atomic mass is 19.1. The molecule has 0 saturated heterocycles. The van der Waals surface area contributed by atoms with Crippen LogP contribution in [0, 0.1) is 5.82 Å². The van der Waals surface area contributed by atoms with Crippen LogP contribution in [-0.2, 0) is 0 Å². The molecule has 0 spiro atoms. The Hall–Kier alpha value is -1.25. The number of anilines is 1. The van der Waals surface area contributed by atoms with Crippen molar-refractivity contribution in [3.05, 3.63) is 23.5 Å². The Morgan fingerprint density at radius 1 is 1.40 bits per heavy atom. The van der Waals surface area contributed by atoms with Gasteiger partial charge in [-0.25, -0.2) is 4.39 Å². The molecule has 0 amide bonds. The molecule has 0 atom stereocenters. The van der Waals surface area contributed by atoms with E-state index in [0.29, 0.717) is 18.3 Å². The Morgan fingerprint density at radius 3 is 2.80 bits per heavy atom. The highest BCUT2D eigenvalue weighted by molar-refractivity contribution is 5.62. The van der Waals surface area contributed by atoms with Crippen molar-refractivity contribution in [3.63, 3.8) is 0 Å². The Labute approximate surface area is 89.7 Å². The van der Waals surface area contributed by atoms with Gasteiger partial charge in [0, 0.05) is 7.05 Å². The number of halogens is 1. The standard InChI is InChI=1S/C12H16FNO/c1-8(2)9-6-10(13)12-11(7-9)14(3)4-5-15-12/h6-8H,4-5H2,1-3H3. The summed E-state index contributed by atoms with van der Waals surface area (Å²) in [5.74, 6) is 0.482. The number of fused-ring (bicyclic) bond motifs is 1. The van der Waals surface area contributed by atoms with Crippen molar-refractivity contribution >= 4 is 5.69 Å². The van der Waals surface area contributed by atoms with E-state index in [1.807, 2.05) is 18.0 Å². The topological polar surface area (TPSA) is 12.5 Å². The largest absolute Gasteiger partial charge is 0.486 e. The first-order valence-electron chi connectivity index (χ1n) is 5.27. The molecule has 0 saturated carbocycles. The monoisotopic (exact) mass is 209 g/mol. The molecule has 82 valence electrons. The molecule has 0 aromatic heterocycles. The molecule has 1 aliphatic heterocycles. The van der Waals surface area contributed by atoms with E-state index in [1.54, 1.807) is 6.07 Å². The van der Waals surface area contributed by atoms with E-state index in [2.05, 4.69) is 13.8 Å². The second kappa shape index (κ2) is 3.72. The highest BCUT2D eigenvalue weighted by Gasteiger charge is 2.20. The summed E-state index contributed by atoms with van der Waals surface area (Å²) in [5, 5.41) is 0. The van der Waals surface area contributed by atoms with Crippen LogP contribution in [0.15, 0.2) is 12.1 Å². The zero-order chi connectivity index (χ0) is 11.0. The second-order valence-corrected chi connectivity index (χ2v) is 4.28. The number of nitrogens with zero attached hydrogens (tertiary/aromatic N) is 1. The van der Waals surface area contributed by atoms with Crippen LogP contribution in [0.4, 0.5) is 10.1 Å². The Bertz CT molecular complexity index is 376. The minimum atomic E-state index is -0.247. The molecule has 0 bridgehead atoms. The molecule has 0 fully saturated rings. The fourth-order valence-electron chi connectivity index (χ4n) is 1.76. The molecule has 3 heteroatoms. The van der Waals surface area contributed by atoms with E-state index in [4.69, 9.17) is 4.74 Å². The summed E-state index contributed by atoms with van der Waals surface area (Å²) in [5.41, 5.74) is 1.88. The van der Waals surface area contributed by atoms with E-state index in [-0.39, 0.29) is 5.82 Å². The lowest BCUT2D eigenvalue weighted by Gasteiger charge is -2.28. The predicted molar refractivity (Wildman–Crippen MR) is 59.3 cm³/mol. The molecule has 2 nitrogen and oxygen atoms in total. The molecule has 1 aromatic carbocycles. The van der Waals surface area contributed by atoms with Gasteiger partial charge in [-0.3, -0.25) is 0 Å². The third-order valence-corrected chi connectivity index (χ3v) is 2.80. The number of benzene rings is 1. The van der Waals surface area contributed by atoms with Gasteiger partial charge in [-0.1, -0.05) is 13.8 Å². The summed E-state index contributed by atoms with van der Waals surface area (Å²) < 4.78 is 19.1. The van der Waals surface area contributed by atoms with Gasteiger partial charge < -0.3 is 9.64 Å². The first-order valence-corrected chi connectivity index (χ1v) is 5.27. The minimum Gasteiger partial charge on any atom is -0.486 e. The van der Waals surface area contributed by atoms with Crippen LogP contribution < -0.4 is 9.64 Å². The van der Waals surface area contributed by atoms with Gasteiger partial charge in [-0.15, -0.1) is 0 Å². The molecule has 1 aliphatic rings. The lowest BCUT2D eigenvalue weighted by Crippen LogP contribution is -2.29. The first kappa shape index (κ1) is 10.3. The van der Waals surface area contributed by atoms with Crippen LogP contribution in [0.5, 0.6) is 5.75 Å². The lowest BCUT2D eigenvalue weighted by molar-refractivity contribution is 0.294. The number of ether oxygens (including phenoxy) is 1. The van der Waals surface area contributed by atoms with Crippen LogP contribution in [-0.4, -0.2) is 20.2 Å². The summed E-state index contributed by atoms with van der Waals surface area (Å²) in [6, 6.07) is 3.59. The summed E-state index contributed by atoms with van der Waals surface area (Å²) in [6.07, 6.45) is 0. The fourth-order valence-corrected chi connectivity index (χ4v) is 1.76. The Kier molecular flexibility index (Phi) is 2.55. The third-order valence-electron chi connectivity index (χ3n) is 2.80. The van der Waals surface area contributed by atoms with Crippen molar-refractivity contribution in [3.8, 4) is 5.75 Å². The first-order chi connectivity index (χ1) is 7.09. The second-order valence-electron chi connectivity index (χ2n) is 4.28. The van der Waals surface area contributed by atoms with Crippen molar-refractivity contribution in [2.45, 2.75) is 19.8 Å². The fraction of sp³-hybridized carbons (Fsp3) is 0.500. The van der Waals surface area contributed by atoms with E-state index >= 15 is 0 Å². The number of likely N-dealkylation sites (N-methyl/N-ethyl adjacent to an activating group) is 1. The average molecular weight is 209 g/mol. The molecule has 0 unspecified atom stereocenters. The maximum atomic E-state index is 13.7. The molecule has 2 rings (SSSR count). The molecule has 1 heterocycles. The van der Waals surface area contributed by atoms with Crippen LogP contribution in [0.25, 0.3) is 0 Å². The quantitative estimate of drug-likeness (QED) is 0.705. The average Bonchev–Trinajstić information content (AvgIpc) is 2.19. The molecule has 0 N–H and O–H groups in total. The maximum Gasteiger partial charge on any atom is 0.178 e. The smallest absolute Gasteiger partial charge is 0.178 e. The number of hydrogen-bond acceptors (Lipinski definition) is 2. The van der Waals surface area contributed by atoms with Gasteiger partial charge in [0.1, 0.15) is 6.61 Å².